The molecule has 5 nitrogen and oxygen atoms in total. The molecule has 0 unspecified atom stereocenters. The zero-order valence-electron chi connectivity index (χ0n) is 15.6. The molecular formula is C22H19N3O2S. The van der Waals surface area contributed by atoms with E-state index in [1.54, 1.807) is 10.1 Å². The van der Waals surface area contributed by atoms with Crippen LogP contribution in [0.5, 0.6) is 0 Å². The van der Waals surface area contributed by atoms with Gasteiger partial charge in [-0.15, -0.1) is 11.3 Å². The molecule has 0 saturated heterocycles. The number of aromatic nitrogens is 3. The summed E-state index contributed by atoms with van der Waals surface area (Å²) in [4.78, 5) is 15.5. The number of carboxylic acids is 1. The van der Waals surface area contributed by atoms with Gasteiger partial charge >= 0.3 is 5.97 Å². The fraction of sp³-hybridized carbons (Fsp3) is 0.136. The maximum atomic E-state index is 11.3. The van der Waals surface area contributed by atoms with E-state index in [0.29, 0.717) is 5.13 Å². The molecule has 0 radical (unpaired) electrons. The molecule has 0 aliphatic rings. The third-order valence-corrected chi connectivity index (χ3v) is 5.51. The van der Waals surface area contributed by atoms with E-state index in [1.807, 2.05) is 37.3 Å². The van der Waals surface area contributed by atoms with E-state index in [2.05, 4.69) is 36.2 Å². The van der Waals surface area contributed by atoms with Crippen molar-refractivity contribution in [3.05, 3.63) is 76.8 Å². The Morgan fingerprint density at radius 2 is 1.79 bits per heavy atom. The highest BCUT2D eigenvalue weighted by atomic mass is 32.1. The van der Waals surface area contributed by atoms with Crippen LogP contribution in [0.4, 0.5) is 0 Å². The first-order valence-electron chi connectivity index (χ1n) is 9.02. The van der Waals surface area contributed by atoms with Crippen molar-refractivity contribution in [1.82, 2.24) is 14.8 Å². The van der Waals surface area contributed by atoms with Gasteiger partial charge in [0.05, 0.1) is 11.4 Å². The maximum absolute atomic E-state index is 11.3. The molecule has 0 saturated carbocycles. The van der Waals surface area contributed by atoms with E-state index in [-0.39, 0.29) is 5.69 Å². The summed E-state index contributed by atoms with van der Waals surface area (Å²) in [6, 6.07) is 18.4. The number of carboxylic acid groups (broad SMARTS) is 1. The van der Waals surface area contributed by atoms with Crippen LogP contribution >= 0.6 is 11.3 Å². The van der Waals surface area contributed by atoms with Crippen LogP contribution in [0.25, 0.3) is 27.6 Å². The first kappa shape index (κ1) is 18.1. The first-order valence-corrected chi connectivity index (χ1v) is 9.90. The molecule has 140 valence electrons. The summed E-state index contributed by atoms with van der Waals surface area (Å²) in [5, 5.41) is 16.1. The van der Waals surface area contributed by atoms with Gasteiger partial charge in [0, 0.05) is 22.1 Å². The molecule has 0 atom stereocenters. The van der Waals surface area contributed by atoms with Gasteiger partial charge in [-0.05, 0) is 18.9 Å². The Hall–Kier alpha value is -3.25. The monoisotopic (exact) mass is 389 g/mol. The van der Waals surface area contributed by atoms with Crippen molar-refractivity contribution in [3.63, 3.8) is 0 Å². The highest BCUT2D eigenvalue weighted by molar-refractivity contribution is 7.12. The van der Waals surface area contributed by atoms with Crippen LogP contribution in [-0.4, -0.2) is 25.8 Å². The summed E-state index contributed by atoms with van der Waals surface area (Å²) in [7, 11) is 0. The number of aryl methyl sites for hydroxylation is 1. The quantitative estimate of drug-likeness (QED) is 0.507. The lowest BCUT2D eigenvalue weighted by molar-refractivity contribution is 0.0691. The number of thiazole rings is 1. The molecule has 4 rings (SSSR count). The van der Waals surface area contributed by atoms with Crippen LogP contribution in [0.2, 0.25) is 0 Å². The van der Waals surface area contributed by atoms with Crippen molar-refractivity contribution < 1.29 is 9.90 Å². The maximum Gasteiger partial charge on any atom is 0.355 e. The molecule has 4 aromatic rings. The van der Waals surface area contributed by atoms with Gasteiger partial charge in [-0.1, -0.05) is 61.5 Å². The van der Waals surface area contributed by atoms with E-state index in [9.17, 15) is 9.90 Å². The Morgan fingerprint density at radius 3 is 2.39 bits per heavy atom. The fourth-order valence-electron chi connectivity index (χ4n) is 3.20. The summed E-state index contributed by atoms with van der Waals surface area (Å²) in [6.07, 6.45) is 0.974. The SMILES string of the molecule is CCc1ccc(-c2c(C)c(-c3ccccc3)nn2-c2nc(C(=O)O)cs2)cc1. The van der Waals surface area contributed by atoms with E-state index < -0.39 is 5.97 Å². The van der Waals surface area contributed by atoms with E-state index in [0.717, 1.165) is 34.5 Å². The van der Waals surface area contributed by atoms with Crippen molar-refractivity contribution >= 4 is 17.3 Å². The van der Waals surface area contributed by atoms with E-state index in [4.69, 9.17) is 5.10 Å². The topological polar surface area (TPSA) is 68.0 Å². The van der Waals surface area contributed by atoms with Gasteiger partial charge in [0.25, 0.3) is 0 Å². The number of carbonyl (C=O) groups is 1. The predicted octanol–water partition coefficient (Wildman–Crippen LogP) is 5.23. The number of nitrogens with zero attached hydrogens (tertiary/aromatic N) is 3. The molecule has 1 N–H and O–H groups in total. The Balaban J connectivity index is 1.93. The van der Waals surface area contributed by atoms with Gasteiger partial charge in [0.2, 0.25) is 5.13 Å². The molecule has 0 spiro atoms. The van der Waals surface area contributed by atoms with Crippen molar-refractivity contribution in [2.24, 2.45) is 0 Å². The molecule has 2 aromatic heterocycles. The molecule has 2 aromatic carbocycles. The van der Waals surface area contributed by atoms with Crippen LogP contribution < -0.4 is 0 Å². The van der Waals surface area contributed by atoms with Crippen molar-refractivity contribution in [1.29, 1.82) is 0 Å². The summed E-state index contributed by atoms with van der Waals surface area (Å²) < 4.78 is 1.76. The Bertz CT molecular complexity index is 1130. The second-order valence-corrected chi connectivity index (χ2v) is 7.31. The Morgan fingerprint density at radius 1 is 1.07 bits per heavy atom. The molecule has 0 aliphatic heterocycles. The lowest BCUT2D eigenvalue weighted by Gasteiger charge is -2.07. The molecule has 0 bridgehead atoms. The minimum absolute atomic E-state index is 0.0293. The van der Waals surface area contributed by atoms with Crippen LogP contribution in [0, 0.1) is 6.92 Å². The minimum atomic E-state index is -1.04. The van der Waals surface area contributed by atoms with Gasteiger partial charge in [0.1, 0.15) is 0 Å². The van der Waals surface area contributed by atoms with Crippen molar-refractivity contribution in [3.8, 4) is 27.6 Å². The number of rotatable bonds is 5. The summed E-state index contributed by atoms with van der Waals surface area (Å²) >= 11 is 1.27. The zero-order chi connectivity index (χ0) is 19.7. The zero-order valence-corrected chi connectivity index (χ0v) is 16.4. The normalized spacial score (nSPS) is 10.9. The number of hydrogen-bond donors (Lipinski definition) is 1. The highest BCUT2D eigenvalue weighted by Crippen LogP contribution is 2.34. The number of benzene rings is 2. The molecule has 28 heavy (non-hydrogen) atoms. The van der Waals surface area contributed by atoms with E-state index in [1.165, 1.54) is 16.9 Å². The number of hydrogen-bond acceptors (Lipinski definition) is 4. The van der Waals surface area contributed by atoms with Crippen molar-refractivity contribution in [2.45, 2.75) is 20.3 Å². The smallest absolute Gasteiger partial charge is 0.355 e. The predicted molar refractivity (Wildman–Crippen MR) is 111 cm³/mol. The third kappa shape index (κ3) is 3.23. The van der Waals surface area contributed by atoms with Gasteiger partial charge in [-0.3, -0.25) is 0 Å². The number of aromatic carboxylic acids is 1. The van der Waals surface area contributed by atoms with Crippen LogP contribution in [0.3, 0.4) is 0 Å². The third-order valence-electron chi connectivity index (χ3n) is 4.70. The van der Waals surface area contributed by atoms with Crippen LogP contribution in [0.15, 0.2) is 60.0 Å². The first-order chi connectivity index (χ1) is 13.6. The standard InChI is InChI=1S/C22H19N3O2S/c1-3-15-9-11-17(12-10-15)20-14(2)19(16-7-5-4-6-8-16)24-25(20)22-23-18(13-28-22)21(26)27/h4-13H,3H2,1-2H3,(H,26,27). The van der Waals surface area contributed by atoms with Crippen LogP contribution in [0.1, 0.15) is 28.5 Å². The Labute approximate surface area is 166 Å². The summed E-state index contributed by atoms with van der Waals surface area (Å²) in [6.45, 7) is 4.17. The summed E-state index contributed by atoms with van der Waals surface area (Å²) in [5.41, 5.74) is 6.15. The molecule has 0 aliphatic carbocycles. The molecule has 0 fully saturated rings. The lowest BCUT2D eigenvalue weighted by atomic mass is 10.0. The second-order valence-electron chi connectivity index (χ2n) is 6.47. The molecular weight excluding hydrogens is 370 g/mol. The highest BCUT2D eigenvalue weighted by Gasteiger charge is 2.21. The second kappa shape index (κ2) is 7.40. The molecule has 2 heterocycles. The van der Waals surface area contributed by atoms with E-state index >= 15 is 0 Å². The molecule has 0 amide bonds. The average Bonchev–Trinajstić information content (AvgIpc) is 3.34. The summed E-state index contributed by atoms with van der Waals surface area (Å²) in [5.74, 6) is -1.04. The van der Waals surface area contributed by atoms with Gasteiger partial charge in [-0.25, -0.2) is 14.5 Å². The van der Waals surface area contributed by atoms with Gasteiger partial charge in [0.15, 0.2) is 5.69 Å². The lowest BCUT2D eigenvalue weighted by Crippen LogP contribution is -2.02. The largest absolute Gasteiger partial charge is 0.476 e. The Kier molecular flexibility index (Phi) is 4.79. The van der Waals surface area contributed by atoms with Crippen molar-refractivity contribution in [2.75, 3.05) is 0 Å². The van der Waals surface area contributed by atoms with Gasteiger partial charge in [-0.2, -0.15) is 5.10 Å². The minimum Gasteiger partial charge on any atom is -0.476 e. The van der Waals surface area contributed by atoms with Crippen LogP contribution in [-0.2, 0) is 6.42 Å². The van der Waals surface area contributed by atoms with Gasteiger partial charge < -0.3 is 5.11 Å². The molecule has 6 heteroatoms. The fourth-order valence-corrected chi connectivity index (χ4v) is 3.96. The average molecular weight is 389 g/mol.